The first-order chi connectivity index (χ1) is 15.0. The molecule has 4 amide bonds. The van der Waals surface area contributed by atoms with Gasteiger partial charge in [-0.05, 0) is 29.5 Å². The van der Waals surface area contributed by atoms with E-state index < -0.39 is 17.5 Å². The fraction of sp³-hybridized carbons (Fsp3) is 0.400. The highest BCUT2D eigenvalue weighted by Crippen LogP contribution is 2.31. The molecule has 1 aliphatic rings. The zero-order valence-electron chi connectivity index (χ0n) is 19.6. The molecule has 3 rings (SSSR count). The van der Waals surface area contributed by atoms with E-state index in [0.29, 0.717) is 17.9 Å². The maximum Gasteiger partial charge on any atom is 0.325 e. The van der Waals surface area contributed by atoms with Crippen LogP contribution in [-0.4, -0.2) is 48.3 Å². The van der Waals surface area contributed by atoms with Crippen LogP contribution in [0.2, 0.25) is 0 Å². The van der Waals surface area contributed by atoms with Crippen molar-refractivity contribution in [2.24, 2.45) is 0 Å². The molecule has 0 radical (unpaired) electrons. The Balaban J connectivity index is 1.73. The third kappa shape index (κ3) is 4.47. The van der Waals surface area contributed by atoms with Crippen molar-refractivity contribution in [2.75, 3.05) is 20.7 Å². The molecule has 1 aliphatic heterocycles. The van der Waals surface area contributed by atoms with E-state index in [2.05, 4.69) is 26.1 Å². The van der Waals surface area contributed by atoms with Crippen molar-refractivity contribution in [3.05, 3.63) is 65.2 Å². The molecule has 2 aromatic carbocycles. The van der Waals surface area contributed by atoms with Crippen molar-refractivity contribution in [3.8, 4) is 5.75 Å². The molecule has 7 heteroatoms. The van der Waals surface area contributed by atoms with E-state index in [-0.39, 0.29) is 17.9 Å². The predicted molar refractivity (Wildman–Crippen MR) is 122 cm³/mol. The van der Waals surface area contributed by atoms with Gasteiger partial charge in [0.1, 0.15) is 17.8 Å². The number of rotatable bonds is 6. The van der Waals surface area contributed by atoms with Gasteiger partial charge in [-0.15, -0.1) is 0 Å². The Hall–Kier alpha value is -3.35. The summed E-state index contributed by atoms with van der Waals surface area (Å²) in [5.41, 5.74) is 1.42. The second-order valence-electron chi connectivity index (χ2n) is 9.34. The molecule has 7 nitrogen and oxygen atoms in total. The second-order valence-corrected chi connectivity index (χ2v) is 9.34. The van der Waals surface area contributed by atoms with Crippen molar-refractivity contribution in [1.29, 1.82) is 0 Å². The van der Waals surface area contributed by atoms with E-state index in [1.807, 2.05) is 48.5 Å². The summed E-state index contributed by atoms with van der Waals surface area (Å²) in [6, 6.07) is 14.5. The average Bonchev–Trinajstić information content (AvgIpc) is 2.97. The van der Waals surface area contributed by atoms with Crippen LogP contribution in [0.15, 0.2) is 48.5 Å². The Labute approximate surface area is 189 Å². The Kier molecular flexibility index (Phi) is 6.30. The Morgan fingerprint density at radius 2 is 1.72 bits per heavy atom. The molecule has 1 fully saturated rings. The van der Waals surface area contributed by atoms with Gasteiger partial charge in [0.15, 0.2) is 0 Å². The number of amides is 4. The molecule has 2 aromatic rings. The first kappa shape index (κ1) is 23.3. The molecule has 0 aromatic heterocycles. The molecule has 1 atom stereocenters. The van der Waals surface area contributed by atoms with Crippen LogP contribution in [0.1, 0.15) is 44.4 Å². The van der Waals surface area contributed by atoms with Crippen LogP contribution in [0.25, 0.3) is 0 Å². The summed E-state index contributed by atoms with van der Waals surface area (Å²) in [6.45, 7) is 7.98. The third-order valence-corrected chi connectivity index (χ3v) is 5.92. The quantitative estimate of drug-likeness (QED) is 0.703. The normalized spacial score (nSPS) is 18.5. The van der Waals surface area contributed by atoms with Crippen LogP contribution in [-0.2, 0) is 27.1 Å². The van der Waals surface area contributed by atoms with Gasteiger partial charge >= 0.3 is 6.03 Å². The number of urea groups is 1. The smallest absolute Gasteiger partial charge is 0.325 e. The molecule has 0 bridgehead atoms. The molecule has 1 heterocycles. The zero-order valence-corrected chi connectivity index (χ0v) is 19.6. The minimum atomic E-state index is -1.21. The molecular weight excluding hydrogens is 406 g/mol. The number of ether oxygens (including phenoxy) is 1. The number of hydrogen-bond donors (Lipinski definition) is 1. The lowest BCUT2D eigenvalue weighted by molar-refractivity contribution is -0.138. The SMILES string of the molecule is COc1ccccc1CN(C)C(=O)CN1C(=O)NC(C)(c2ccc(C(C)(C)C)cc2)C1=O. The molecule has 170 valence electrons. The largest absolute Gasteiger partial charge is 0.496 e. The van der Waals surface area contributed by atoms with Gasteiger partial charge in [-0.2, -0.15) is 0 Å². The fourth-order valence-electron chi connectivity index (χ4n) is 3.77. The number of methoxy groups -OCH3 is 1. The first-order valence-electron chi connectivity index (χ1n) is 10.6. The van der Waals surface area contributed by atoms with Crippen molar-refractivity contribution < 1.29 is 19.1 Å². The summed E-state index contributed by atoms with van der Waals surface area (Å²) < 4.78 is 5.33. The van der Waals surface area contributed by atoms with Gasteiger partial charge in [0.25, 0.3) is 5.91 Å². The van der Waals surface area contributed by atoms with Crippen molar-refractivity contribution in [3.63, 3.8) is 0 Å². The van der Waals surface area contributed by atoms with Crippen LogP contribution in [0.4, 0.5) is 4.79 Å². The van der Waals surface area contributed by atoms with Gasteiger partial charge < -0.3 is 15.0 Å². The highest BCUT2D eigenvalue weighted by Gasteiger charge is 2.49. The molecular formula is C25H31N3O4. The maximum atomic E-state index is 13.2. The van der Waals surface area contributed by atoms with Gasteiger partial charge in [-0.1, -0.05) is 63.2 Å². The van der Waals surface area contributed by atoms with Crippen LogP contribution in [0, 0.1) is 0 Å². The van der Waals surface area contributed by atoms with E-state index in [1.165, 1.54) is 4.90 Å². The highest BCUT2D eigenvalue weighted by atomic mass is 16.5. The average molecular weight is 438 g/mol. The Bertz CT molecular complexity index is 1030. The lowest BCUT2D eigenvalue weighted by atomic mass is 9.84. The Morgan fingerprint density at radius 3 is 2.31 bits per heavy atom. The van der Waals surface area contributed by atoms with E-state index >= 15 is 0 Å². The summed E-state index contributed by atoms with van der Waals surface area (Å²) in [4.78, 5) is 41.1. The number of hydrogen-bond acceptors (Lipinski definition) is 4. The number of nitrogens with zero attached hydrogens (tertiary/aromatic N) is 2. The summed E-state index contributed by atoms with van der Waals surface area (Å²) in [6.07, 6.45) is 0. The summed E-state index contributed by atoms with van der Waals surface area (Å²) in [5.74, 6) is -0.106. The number of benzene rings is 2. The molecule has 1 unspecified atom stereocenters. The number of likely N-dealkylation sites (N-methyl/N-ethyl adjacent to an activating group) is 1. The zero-order chi connectivity index (χ0) is 23.7. The predicted octanol–water partition coefficient (Wildman–Crippen LogP) is 3.42. The number of para-hydroxylation sites is 1. The molecule has 0 spiro atoms. The number of carbonyl (C=O) groups excluding carboxylic acids is 3. The van der Waals surface area contributed by atoms with E-state index in [1.54, 1.807) is 21.1 Å². The van der Waals surface area contributed by atoms with Crippen LogP contribution >= 0.6 is 0 Å². The van der Waals surface area contributed by atoms with Crippen molar-refractivity contribution >= 4 is 17.8 Å². The van der Waals surface area contributed by atoms with E-state index in [0.717, 1.165) is 16.0 Å². The Morgan fingerprint density at radius 1 is 1.09 bits per heavy atom. The molecule has 32 heavy (non-hydrogen) atoms. The van der Waals surface area contributed by atoms with Gasteiger partial charge in [0.2, 0.25) is 5.91 Å². The topological polar surface area (TPSA) is 79.0 Å². The molecule has 1 N–H and O–H groups in total. The van der Waals surface area contributed by atoms with E-state index in [4.69, 9.17) is 4.74 Å². The third-order valence-electron chi connectivity index (χ3n) is 5.92. The summed E-state index contributed by atoms with van der Waals surface area (Å²) in [5, 5.41) is 2.76. The first-order valence-corrected chi connectivity index (χ1v) is 10.6. The minimum Gasteiger partial charge on any atom is -0.496 e. The lowest BCUT2D eigenvalue weighted by Gasteiger charge is -2.25. The fourth-order valence-corrected chi connectivity index (χ4v) is 3.77. The van der Waals surface area contributed by atoms with Crippen molar-refractivity contribution in [2.45, 2.75) is 45.2 Å². The van der Waals surface area contributed by atoms with Crippen molar-refractivity contribution in [1.82, 2.24) is 15.1 Å². The second kappa shape index (κ2) is 8.65. The van der Waals surface area contributed by atoms with Gasteiger partial charge in [0, 0.05) is 19.2 Å². The number of nitrogens with one attached hydrogen (secondary N) is 1. The van der Waals surface area contributed by atoms with Gasteiger partial charge in [0.05, 0.1) is 7.11 Å². The van der Waals surface area contributed by atoms with Gasteiger partial charge in [-0.25, -0.2) is 4.79 Å². The van der Waals surface area contributed by atoms with Crippen LogP contribution in [0.3, 0.4) is 0 Å². The molecule has 1 saturated heterocycles. The lowest BCUT2D eigenvalue weighted by Crippen LogP contribution is -2.43. The summed E-state index contributed by atoms with van der Waals surface area (Å²) >= 11 is 0. The highest BCUT2D eigenvalue weighted by molar-refractivity contribution is 6.09. The minimum absolute atomic E-state index is 0.0210. The monoisotopic (exact) mass is 437 g/mol. The standard InChI is InChI=1S/C25H31N3O4/c1-24(2,3)18-11-13-19(14-12-18)25(4)22(30)28(23(31)26-25)16-21(29)27(5)15-17-9-7-8-10-20(17)32-6/h7-14H,15-16H2,1-6H3,(H,26,31). The number of carbonyl (C=O) groups is 3. The molecule has 0 saturated carbocycles. The molecule has 0 aliphatic carbocycles. The van der Waals surface area contributed by atoms with Crippen LogP contribution < -0.4 is 10.1 Å². The maximum absolute atomic E-state index is 13.2. The van der Waals surface area contributed by atoms with E-state index in [9.17, 15) is 14.4 Å². The summed E-state index contributed by atoms with van der Waals surface area (Å²) in [7, 11) is 3.21. The van der Waals surface area contributed by atoms with Gasteiger partial charge in [-0.3, -0.25) is 14.5 Å². The van der Waals surface area contributed by atoms with Crippen LogP contribution in [0.5, 0.6) is 5.75 Å². The number of imide groups is 1.